The van der Waals surface area contributed by atoms with Crippen molar-refractivity contribution in [2.24, 2.45) is 5.92 Å². The average molecular weight is 392 g/mol. The summed E-state index contributed by atoms with van der Waals surface area (Å²) in [6.07, 6.45) is 2.60. The molecule has 0 unspecified atom stereocenters. The summed E-state index contributed by atoms with van der Waals surface area (Å²) in [5, 5.41) is 0. The molecule has 0 aliphatic heterocycles. The van der Waals surface area contributed by atoms with E-state index in [2.05, 4.69) is 4.74 Å². The van der Waals surface area contributed by atoms with Crippen molar-refractivity contribution >= 4 is 25.8 Å². The summed E-state index contributed by atoms with van der Waals surface area (Å²) in [5.74, 6) is -0.544. The van der Waals surface area contributed by atoms with E-state index in [4.69, 9.17) is 0 Å². The molecular formula is C16H25NO6S2. The lowest BCUT2D eigenvalue weighted by Gasteiger charge is -2.25. The molecule has 9 heteroatoms. The average Bonchev–Trinajstić information content (AvgIpc) is 2.57. The van der Waals surface area contributed by atoms with Crippen LogP contribution >= 0.6 is 0 Å². The summed E-state index contributed by atoms with van der Waals surface area (Å²) in [6, 6.07) is 4.97. The van der Waals surface area contributed by atoms with Gasteiger partial charge in [0.05, 0.1) is 16.9 Å². The van der Waals surface area contributed by atoms with Gasteiger partial charge >= 0.3 is 5.97 Å². The minimum atomic E-state index is -3.95. The number of esters is 1. The molecule has 0 spiro atoms. The molecule has 7 nitrogen and oxygen atoms in total. The van der Waals surface area contributed by atoms with Crippen LogP contribution in [0.15, 0.2) is 34.1 Å². The SMILES string of the molecule is CCC(CC)CN(CC(=O)OC)S(=O)(=O)c1ccc(S(C)(=O)=O)cc1. The first-order valence-corrected chi connectivity index (χ1v) is 11.3. The second-order valence-corrected chi connectivity index (χ2v) is 9.75. The molecule has 1 rings (SSSR count). The number of methoxy groups -OCH3 is 1. The third-order valence-corrected chi connectivity index (χ3v) is 6.99. The maximum absolute atomic E-state index is 12.9. The number of sulfonamides is 1. The summed E-state index contributed by atoms with van der Waals surface area (Å²) >= 11 is 0. The molecule has 0 amide bonds. The summed E-state index contributed by atoms with van der Waals surface area (Å²) in [7, 11) is -6.16. The number of nitrogens with zero attached hydrogens (tertiary/aromatic N) is 1. The molecule has 0 heterocycles. The van der Waals surface area contributed by atoms with Crippen LogP contribution in [0.4, 0.5) is 0 Å². The first-order valence-electron chi connectivity index (χ1n) is 7.93. The summed E-state index contributed by atoms with van der Waals surface area (Å²) < 4.78 is 54.5. The molecule has 25 heavy (non-hydrogen) atoms. The summed E-state index contributed by atoms with van der Waals surface area (Å²) in [6.45, 7) is 3.72. The van der Waals surface area contributed by atoms with E-state index in [0.717, 1.165) is 23.4 Å². The van der Waals surface area contributed by atoms with E-state index in [0.29, 0.717) is 0 Å². The molecule has 0 saturated carbocycles. The van der Waals surface area contributed by atoms with Crippen LogP contribution < -0.4 is 0 Å². The van der Waals surface area contributed by atoms with Crippen molar-refractivity contribution in [2.75, 3.05) is 26.5 Å². The van der Waals surface area contributed by atoms with Crippen molar-refractivity contribution in [1.82, 2.24) is 4.31 Å². The highest BCUT2D eigenvalue weighted by molar-refractivity contribution is 7.90. The molecule has 1 aromatic rings. The van der Waals surface area contributed by atoms with Gasteiger partial charge in [-0.05, 0) is 30.2 Å². The molecule has 0 aliphatic carbocycles. The topological polar surface area (TPSA) is 97.8 Å². The molecule has 0 fully saturated rings. The highest BCUT2D eigenvalue weighted by Crippen LogP contribution is 2.21. The first kappa shape index (κ1) is 21.6. The molecule has 0 saturated heterocycles. The third kappa shape index (κ3) is 5.79. The fourth-order valence-corrected chi connectivity index (χ4v) is 4.39. The number of sulfone groups is 1. The van der Waals surface area contributed by atoms with Crippen LogP contribution in [-0.4, -0.2) is 53.6 Å². The molecule has 0 bridgehead atoms. The predicted octanol–water partition coefficient (Wildman–Crippen LogP) is 1.69. The van der Waals surface area contributed by atoms with E-state index in [9.17, 15) is 21.6 Å². The molecule has 1 aromatic carbocycles. The second kappa shape index (κ2) is 8.77. The summed E-state index contributed by atoms with van der Waals surface area (Å²) in [5.41, 5.74) is 0. The molecule has 0 aromatic heterocycles. The monoisotopic (exact) mass is 391 g/mol. The van der Waals surface area contributed by atoms with E-state index in [1.54, 1.807) is 0 Å². The van der Waals surface area contributed by atoms with E-state index >= 15 is 0 Å². The molecule has 0 atom stereocenters. The Hall–Kier alpha value is -1.45. The van der Waals surface area contributed by atoms with Gasteiger partial charge in [-0.1, -0.05) is 26.7 Å². The normalized spacial score (nSPS) is 12.6. The van der Waals surface area contributed by atoms with Gasteiger partial charge in [0.2, 0.25) is 10.0 Å². The van der Waals surface area contributed by atoms with Crippen molar-refractivity contribution in [1.29, 1.82) is 0 Å². The number of ether oxygens (including phenoxy) is 1. The summed E-state index contributed by atoms with van der Waals surface area (Å²) in [4.78, 5) is 11.6. The minimum absolute atomic E-state index is 0.0333. The second-order valence-electron chi connectivity index (χ2n) is 5.80. The number of carbonyl (C=O) groups excluding carboxylic acids is 1. The fraction of sp³-hybridized carbons (Fsp3) is 0.562. The zero-order valence-corrected chi connectivity index (χ0v) is 16.6. The number of hydrogen-bond acceptors (Lipinski definition) is 6. The Kier molecular flexibility index (Phi) is 7.58. The molecule has 0 N–H and O–H groups in total. The van der Waals surface area contributed by atoms with Crippen molar-refractivity contribution in [3.8, 4) is 0 Å². The fourth-order valence-electron chi connectivity index (χ4n) is 2.30. The Bertz CT molecular complexity index is 780. The molecule has 142 valence electrons. The zero-order chi connectivity index (χ0) is 19.3. The maximum Gasteiger partial charge on any atom is 0.321 e. The van der Waals surface area contributed by atoms with Crippen molar-refractivity contribution in [3.63, 3.8) is 0 Å². The number of hydrogen-bond donors (Lipinski definition) is 0. The van der Waals surface area contributed by atoms with E-state index in [-0.39, 0.29) is 28.8 Å². The van der Waals surface area contributed by atoms with Gasteiger partial charge in [0.25, 0.3) is 0 Å². The van der Waals surface area contributed by atoms with Gasteiger partial charge in [-0.25, -0.2) is 16.8 Å². The molecule has 0 radical (unpaired) electrons. The lowest BCUT2D eigenvalue weighted by molar-refractivity contribution is -0.140. The Balaban J connectivity index is 3.23. The Morgan fingerprint density at radius 1 is 1.04 bits per heavy atom. The van der Waals surface area contributed by atoms with E-state index < -0.39 is 25.8 Å². The highest BCUT2D eigenvalue weighted by atomic mass is 32.2. The Morgan fingerprint density at radius 3 is 1.92 bits per heavy atom. The standard InChI is InChI=1S/C16H25NO6S2/c1-5-13(6-2)11-17(12-16(18)23-3)25(21,22)15-9-7-14(8-10-15)24(4,19)20/h7-10,13H,5-6,11-12H2,1-4H3. The third-order valence-electron chi connectivity index (χ3n) is 4.04. The van der Waals surface area contributed by atoms with Crippen LogP contribution in [0, 0.1) is 5.92 Å². The van der Waals surface area contributed by atoms with Crippen LogP contribution in [0.2, 0.25) is 0 Å². The number of carbonyl (C=O) groups is 1. The van der Waals surface area contributed by atoms with Crippen molar-refractivity contribution in [3.05, 3.63) is 24.3 Å². The maximum atomic E-state index is 12.9. The zero-order valence-electron chi connectivity index (χ0n) is 14.9. The van der Waals surface area contributed by atoms with Gasteiger partial charge in [0.1, 0.15) is 6.54 Å². The lowest BCUT2D eigenvalue weighted by atomic mass is 10.0. The van der Waals surface area contributed by atoms with Crippen LogP contribution in [0.25, 0.3) is 0 Å². The van der Waals surface area contributed by atoms with Crippen LogP contribution in [0.1, 0.15) is 26.7 Å². The number of benzene rings is 1. The Labute approximate surface area is 150 Å². The van der Waals surface area contributed by atoms with Gasteiger partial charge in [0, 0.05) is 12.8 Å². The van der Waals surface area contributed by atoms with Gasteiger partial charge in [0.15, 0.2) is 9.84 Å². The van der Waals surface area contributed by atoms with E-state index in [1.807, 2.05) is 13.8 Å². The number of rotatable bonds is 9. The highest BCUT2D eigenvalue weighted by Gasteiger charge is 2.29. The molecule has 0 aliphatic rings. The molecular weight excluding hydrogens is 366 g/mol. The predicted molar refractivity (Wildman–Crippen MR) is 94.4 cm³/mol. The largest absolute Gasteiger partial charge is 0.468 e. The Morgan fingerprint density at radius 2 is 1.52 bits per heavy atom. The van der Waals surface area contributed by atoms with Crippen molar-refractivity contribution in [2.45, 2.75) is 36.5 Å². The lowest BCUT2D eigenvalue weighted by Crippen LogP contribution is -2.39. The van der Waals surface area contributed by atoms with Crippen LogP contribution in [-0.2, 0) is 29.4 Å². The quantitative estimate of drug-likeness (QED) is 0.594. The van der Waals surface area contributed by atoms with Gasteiger partial charge in [-0.2, -0.15) is 4.31 Å². The van der Waals surface area contributed by atoms with Crippen molar-refractivity contribution < 1.29 is 26.4 Å². The van der Waals surface area contributed by atoms with Gasteiger partial charge in [-0.3, -0.25) is 4.79 Å². The minimum Gasteiger partial charge on any atom is -0.468 e. The van der Waals surface area contributed by atoms with Gasteiger partial charge < -0.3 is 4.74 Å². The smallest absolute Gasteiger partial charge is 0.321 e. The van der Waals surface area contributed by atoms with Gasteiger partial charge in [-0.15, -0.1) is 0 Å². The first-order chi connectivity index (χ1) is 11.6. The van der Waals surface area contributed by atoms with Crippen LogP contribution in [0.3, 0.4) is 0 Å². The van der Waals surface area contributed by atoms with E-state index in [1.165, 1.54) is 31.4 Å². The van der Waals surface area contributed by atoms with Crippen LogP contribution in [0.5, 0.6) is 0 Å².